The van der Waals surface area contributed by atoms with Crippen LogP contribution in [0.15, 0.2) is 11.6 Å². The van der Waals surface area contributed by atoms with Gasteiger partial charge in [0.1, 0.15) is 0 Å². The fourth-order valence-corrected chi connectivity index (χ4v) is 2.05. The molecule has 1 saturated heterocycles. The first-order valence-corrected chi connectivity index (χ1v) is 6.31. The molecular weight excluding hydrogens is 184 g/mol. The quantitative estimate of drug-likeness (QED) is 0.701. The average Bonchev–Trinajstić information content (AvgIpc) is 2.24. The van der Waals surface area contributed by atoms with Crippen molar-refractivity contribution in [3.63, 3.8) is 0 Å². The highest BCUT2D eigenvalue weighted by Gasteiger charge is 2.17. The lowest BCUT2D eigenvalue weighted by molar-refractivity contribution is 0.208. The molecule has 0 radical (unpaired) electrons. The molecule has 0 saturated carbocycles. The first-order valence-electron chi connectivity index (χ1n) is 6.31. The number of rotatable bonds is 5. The molecule has 1 N–H and O–H groups in total. The van der Waals surface area contributed by atoms with E-state index in [0.29, 0.717) is 0 Å². The van der Waals surface area contributed by atoms with Crippen LogP contribution in [-0.2, 0) is 0 Å². The molecular formula is C13H26N2. The lowest BCUT2D eigenvalue weighted by Crippen LogP contribution is -2.45. The van der Waals surface area contributed by atoms with Gasteiger partial charge in [0, 0.05) is 19.1 Å². The maximum absolute atomic E-state index is 3.63. The van der Waals surface area contributed by atoms with Gasteiger partial charge in [-0.15, -0.1) is 0 Å². The van der Waals surface area contributed by atoms with Crippen molar-refractivity contribution < 1.29 is 0 Å². The fourth-order valence-electron chi connectivity index (χ4n) is 2.05. The van der Waals surface area contributed by atoms with Gasteiger partial charge in [-0.1, -0.05) is 18.6 Å². The molecule has 0 bridgehead atoms. The van der Waals surface area contributed by atoms with Crippen LogP contribution in [0.4, 0.5) is 0 Å². The lowest BCUT2D eigenvalue weighted by Gasteiger charge is -2.32. The van der Waals surface area contributed by atoms with E-state index in [2.05, 4.69) is 37.1 Å². The van der Waals surface area contributed by atoms with Crippen LogP contribution >= 0.6 is 0 Å². The van der Waals surface area contributed by atoms with Gasteiger partial charge in [-0.05, 0) is 46.2 Å². The van der Waals surface area contributed by atoms with Crippen LogP contribution in [0.1, 0.15) is 40.0 Å². The monoisotopic (exact) mass is 210 g/mol. The minimum absolute atomic E-state index is 0.726. The summed E-state index contributed by atoms with van der Waals surface area (Å²) in [5, 5.41) is 3.63. The summed E-state index contributed by atoms with van der Waals surface area (Å²) in [4.78, 5) is 2.56. The molecule has 1 aliphatic heterocycles. The van der Waals surface area contributed by atoms with Crippen molar-refractivity contribution in [3.8, 4) is 0 Å². The molecule has 1 rings (SSSR count). The molecule has 0 aliphatic carbocycles. The number of likely N-dealkylation sites (tertiary alicyclic amines) is 1. The molecule has 1 fully saturated rings. The van der Waals surface area contributed by atoms with E-state index >= 15 is 0 Å². The molecule has 0 aromatic rings. The van der Waals surface area contributed by atoms with E-state index in [0.717, 1.165) is 12.6 Å². The predicted molar refractivity (Wildman–Crippen MR) is 67.2 cm³/mol. The first-order chi connectivity index (χ1) is 7.22. The maximum atomic E-state index is 3.63. The van der Waals surface area contributed by atoms with Crippen LogP contribution in [0.25, 0.3) is 0 Å². The largest absolute Gasteiger partial charge is 0.313 e. The van der Waals surface area contributed by atoms with Gasteiger partial charge in [0.05, 0.1) is 0 Å². The van der Waals surface area contributed by atoms with Crippen molar-refractivity contribution in [1.29, 1.82) is 0 Å². The van der Waals surface area contributed by atoms with Gasteiger partial charge >= 0.3 is 0 Å². The van der Waals surface area contributed by atoms with Gasteiger partial charge in [-0.2, -0.15) is 0 Å². The molecule has 1 heterocycles. The first kappa shape index (κ1) is 12.7. The molecule has 0 aromatic heterocycles. The number of nitrogens with zero attached hydrogens (tertiary/aromatic N) is 1. The van der Waals surface area contributed by atoms with E-state index in [4.69, 9.17) is 0 Å². The zero-order valence-electron chi connectivity index (χ0n) is 10.6. The topological polar surface area (TPSA) is 15.3 Å². The Kier molecular flexibility index (Phi) is 5.96. The summed E-state index contributed by atoms with van der Waals surface area (Å²) in [6.45, 7) is 11.4. The van der Waals surface area contributed by atoms with Crippen molar-refractivity contribution in [2.24, 2.45) is 0 Å². The molecule has 1 atom stereocenters. The summed E-state index contributed by atoms with van der Waals surface area (Å²) in [5.74, 6) is 0. The van der Waals surface area contributed by atoms with E-state index in [1.807, 2.05) is 0 Å². The predicted octanol–water partition coefficient (Wildman–Crippen LogP) is 2.42. The van der Waals surface area contributed by atoms with Crippen molar-refractivity contribution in [1.82, 2.24) is 10.2 Å². The second kappa shape index (κ2) is 7.02. The molecule has 0 spiro atoms. The molecule has 0 aromatic carbocycles. The number of nitrogens with one attached hydrogen (secondary N) is 1. The lowest BCUT2D eigenvalue weighted by atomic mass is 10.1. The van der Waals surface area contributed by atoms with E-state index < -0.39 is 0 Å². The molecule has 88 valence electrons. The standard InChI is InChI=1S/C13H26N2/c1-4-8-14-13-6-5-9-15(11-13)10-7-12(2)3/h7,13-14H,4-6,8-11H2,1-3H3. The fraction of sp³-hybridized carbons (Fsp3) is 0.846. The summed E-state index contributed by atoms with van der Waals surface area (Å²) >= 11 is 0. The van der Waals surface area contributed by atoms with Crippen LogP contribution in [0, 0.1) is 0 Å². The molecule has 1 unspecified atom stereocenters. The third-order valence-electron chi connectivity index (χ3n) is 2.95. The van der Waals surface area contributed by atoms with E-state index in [9.17, 15) is 0 Å². The van der Waals surface area contributed by atoms with Crippen molar-refractivity contribution in [2.45, 2.75) is 46.1 Å². The number of hydrogen-bond acceptors (Lipinski definition) is 2. The zero-order valence-corrected chi connectivity index (χ0v) is 10.6. The SMILES string of the molecule is CCCNC1CCCN(CC=C(C)C)C1. The van der Waals surface area contributed by atoms with E-state index in [1.54, 1.807) is 0 Å². The molecule has 2 nitrogen and oxygen atoms in total. The summed E-state index contributed by atoms with van der Waals surface area (Å²) in [5.41, 5.74) is 1.43. The van der Waals surface area contributed by atoms with Gasteiger partial charge in [0.15, 0.2) is 0 Å². The van der Waals surface area contributed by atoms with Crippen molar-refractivity contribution in [2.75, 3.05) is 26.2 Å². The normalized spacial score (nSPS) is 22.7. The number of piperidine rings is 1. The third kappa shape index (κ3) is 5.33. The average molecular weight is 210 g/mol. The Morgan fingerprint density at radius 2 is 2.27 bits per heavy atom. The van der Waals surface area contributed by atoms with Gasteiger partial charge in [-0.25, -0.2) is 0 Å². The second-order valence-corrected chi connectivity index (χ2v) is 4.83. The molecule has 2 heteroatoms. The minimum atomic E-state index is 0.726. The highest BCUT2D eigenvalue weighted by Crippen LogP contribution is 2.10. The van der Waals surface area contributed by atoms with Gasteiger partial charge < -0.3 is 5.32 Å². The van der Waals surface area contributed by atoms with Crippen LogP contribution in [0.5, 0.6) is 0 Å². The highest BCUT2D eigenvalue weighted by atomic mass is 15.2. The second-order valence-electron chi connectivity index (χ2n) is 4.83. The van der Waals surface area contributed by atoms with Gasteiger partial charge in [0.25, 0.3) is 0 Å². The molecule has 1 aliphatic rings. The number of allylic oxidation sites excluding steroid dienone is 1. The van der Waals surface area contributed by atoms with E-state index in [-0.39, 0.29) is 0 Å². The molecule has 15 heavy (non-hydrogen) atoms. The van der Waals surface area contributed by atoms with Crippen LogP contribution in [0.2, 0.25) is 0 Å². The van der Waals surface area contributed by atoms with Gasteiger partial charge in [0.2, 0.25) is 0 Å². The maximum Gasteiger partial charge on any atom is 0.0195 e. The third-order valence-corrected chi connectivity index (χ3v) is 2.95. The Labute approximate surface area is 94.7 Å². The van der Waals surface area contributed by atoms with Gasteiger partial charge in [-0.3, -0.25) is 4.90 Å². The smallest absolute Gasteiger partial charge is 0.0195 e. The summed E-state index contributed by atoms with van der Waals surface area (Å²) in [7, 11) is 0. The van der Waals surface area contributed by atoms with Crippen LogP contribution < -0.4 is 5.32 Å². The Balaban J connectivity index is 2.25. The van der Waals surface area contributed by atoms with Crippen molar-refractivity contribution >= 4 is 0 Å². The Morgan fingerprint density at radius 1 is 1.47 bits per heavy atom. The van der Waals surface area contributed by atoms with Crippen molar-refractivity contribution in [3.05, 3.63) is 11.6 Å². The molecule has 0 amide bonds. The van der Waals surface area contributed by atoms with Crippen LogP contribution in [0.3, 0.4) is 0 Å². The van der Waals surface area contributed by atoms with E-state index in [1.165, 1.54) is 44.5 Å². The Hall–Kier alpha value is -0.340. The Morgan fingerprint density at radius 3 is 2.93 bits per heavy atom. The Bertz CT molecular complexity index is 195. The minimum Gasteiger partial charge on any atom is -0.313 e. The summed E-state index contributed by atoms with van der Waals surface area (Å²) < 4.78 is 0. The highest BCUT2D eigenvalue weighted by molar-refractivity contribution is 4.95. The summed E-state index contributed by atoms with van der Waals surface area (Å²) in [6, 6.07) is 0.726. The zero-order chi connectivity index (χ0) is 11.1. The van der Waals surface area contributed by atoms with Crippen LogP contribution in [-0.4, -0.2) is 37.1 Å². The number of hydrogen-bond donors (Lipinski definition) is 1. The summed E-state index contributed by atoms with van der Waals surface area (Å²) in [6.07, 6.45) is 6.27.